The largest absolute Gasteiger partial charge is 0.495 e. The third-order valence-corrected chi connectivity index (χ3v) is 6.27. The molecule has 1 N–H and O–H groups in total. The van der Waals surface area contributed by atoms with Gasteiger partial charge in [0.1, 0.15) is 10.6 Å². The van der Waals surface area contributed by atoms with E-state index in [9.17, 15) is 8.42 Å². The number of benzene rings is 2. The number of ether oxygens (including phenoxy) is 1. The van der Waals surface area contributed by atoms with Gasteiger partial charge in [0, 0.05) is 0 Å². The first-order valence-corrected chi connectivity index (χ1v) is 10.1. The number of halogens is 1. The number of nitrogens with zero attached hydrogens (tertiary/aromatic N) is 1. The highest BCUT2D eigenvalue weighted by atomic mass is 35.5. The molecule has 0 spiro atoms. The Morgan fingerprint density at radius 1 is 1.19 bits per heavy atom. The average Bonchev–Trinajstić information content (AvgIpc) is 3.04. The fraction of sp³-hybridized carbons (Fsp3) is 0.278. The number of aryl methyl sites for hydroxylation is 2. The molecule has 1 aromatic heterocycles. The van der Waals surface area contributed by atoms with Gasteiger partial charge in [-0.05, 0) is 61.1 Å². The maximum Gasteiger partial charge on any atom is 0.266 e. The molecule has 0 atom stereocenters. The van der Waals surface area contributed by atoms with Gasteiger partial charge in [0.25, 0.3) is 10.0 Å². The molecule has 1 aliphatic rings. The summed E-state index contributed by atoms with van der Waals surface area (Å²) >= 11 is 6.17. The summed E-state index contributed by atoms with van der Waals surface area (Å²) in [4.78, 5) is 0.0869. The van der Waals surface area contributed by atoms with Gasteiger partial charge in [-0.3, -0.25) is 4.72 Å². The number of methoxy groups -OCH3 is 1. The van der Waals surface area contributed by atoms with Gasteiger partial charge < -0.3 is 9.26 Å². The smallest absolute Gasteiger partial charge is 0.266 e. The van der Waals surface area contributed by atoms with Crippen molar-refractivity contribution in [2.75, 3.05) is 11.8 Å². The number of hydrogen-bond donors (Lipinski definition) is 1. The van der Waals surface area contributed by atoms with Crippen molar-refractivity contribution in [2.24, 2.45) is 0 Å². The van der Waals surface area contributed by atoms with Crippen LogP contribution in [-0.4, -0.2) is 20.7 Å². The zero-order valence-electron chi connectivity index (χ0n) is 14.1. The Morgan fingerprint density at radius 3 is 2.65 bits per heavy atom. The van der Waals surface area contributed by atoms with E-state index in [2.05, 4.69) is 9.88 Å². The Kier molecular flexibility index (Phi) is 4.28. The summed E-state index contributed by atoms with van der Waals surface area (Å²) in [7, 11) is -2.46. The molecule has 26 heavy (non-hydrogen) atoms. The van der Waals surface area contributed by atoms with Gasteiger partial charge in [-0.1, -0.05) is 22.8 Å². The van der Waals surface area contributed by atoms with Gasteiger partial charge in [-0.2, -0.15) is 0 Å². The lowest BCUT2D eigenvalue weighted by Gasteiger charge is -2.19. The minimum atomic E-state index is -3.92. The minimum absolute atomic E-state index is 0.0605. The summed E-state index contributed by atoms with van der Waals surface area (Å²) in [5.74, 6) is 0.377. The topological polar surface area (TPSA) is 81.4 Å². The van der Waals surface area contributed by atoms with Crippen LogP contribution >= 0.6 is 11.6 Å². The standard InChI is InChI=1S/C18H17ClN2O4S/c1-24-15-9-11-5-2-3-6-12(11)10-16(15)26(22,23)21-18-17-13(19)7-4-8-14(17)25-20-18/h4,7-10H,2-3,5-6H2,1H3,(H,20,21). The lowest BCUT2D eigenvalue weighted by Crippen LogP contribution is -2.16. The van der Waals surface area contributed by atoms with E-state index in [1.54, 1.807) is 24.3 Å². The second kappa shape index (κ2) is 6.48. The summed E-state index contributed by atoms with van der Waals surface area (Å²) < 4.78 is 39.0. The fourth-order valence-corrected chi connectivity index (χ4v) is 4.78. The summed E-state index contributed by atoms with van der Waals surface area (Å²) in [5, 5.41) is 4.60. The van der Waals surface area contributed by atoms with Crippen molar-refractivity contribution < 1.29 is 17.7 Å². The second-order valence-corrected chi connectivity index (χ2v) is 8.29. The van der Waals surface area contributed by atoms with E-state index in [1.807, 2.05) is 6.07 Å². The van der Waals surface area contributed by atoms with Crippen molar-refractivity contribution >= 4 is 38.4 Å². The van der Waals surface area contributed by atoms with E-state index >= 15 is 0 Å². The number of anilines is 1. The predicted molar refractivity (Wildman–Crippen MR) is 99.5 cm³/mol. The number of fused-ring (bicyclic) bond motifs is 2. The maximum atomic E-state index is 13.0. The summed E-state index contributed by atoms with van der Waals surface area (Å²) in [6.07, 6.45) is 3.95. The molecule has 1 heterocycles. The van der Waals surface area contributed by atoms with Crippen molar-refractivity contribution in [2.45, 2.75) is 30.6 Å². The van der Waals surface area contributed by atoms with E-state index in [-0.39, 0.29) is 10.7 Å². The molecular formula is C18H17ClN2O4S. The number of nitrogens with one attached hydrogen (secondary N) is 1. The molecule has 8 heteroatoms. The molecule has 3 aromatic rings. The highest BCUT2D eigenvalue weighted by molar-refractivity contribution is 7.92. The molecule has 0 bridgehead atoms. The third-order valence-electron chi connectivity index (χ3n) is 4.60. The lowest BCUT2D eigenvalue weighted by molar-refractivity contribution is 0.401. The molecule has 0 saturated carbocycles. The van der Waals surface area contributed by atoms with Crippen molar-refractivity contribution in [3.8, 4) is 5.75 Å². The first-order valence-electron chi connectivity index (χ1n) is 8.26. The number of rotatable bonds is 4. The Balaban J connectivity index is 1.79. The normalized spacial score (nSPS) is 14.2. The van der Waals surface area contributed by atoms with E-state index in [4.69, 9.17) is 20.9 Å². The van der Waals surface area contributed by atoms with Crippen LogP contribution in [0.1, 0.15) is 24.0 Å². The molecule has 136 valence electrons. The maximum absolute atomic E-state index is 13.0. The van der Waals surface area contributed by atoms with Gasteiger partial charge in [0.05, 0.1) is 17.5 Å². The van der Waals surface area contributed by atoms with Gasteiger partial charge in [0.15, 0.2) is 11.4 Å². The molecule has 0 amide bonds. The Labute approximate surface area is 156 Å². The molecular weight excluding hydrogens is 376 g/mol. The summed E-state index contributed by atoms with van der Waals surface area (Å²) in [6, 6.07) is 8.54. The van der Waals surface area contributed by atoms with E-state index < -0.39 is 10.0 Å². The minimum Gasteiger partial charge on any atom is -0.495 e. The second-order valence-electron chi connectivity index (χ2n) is 6.23. The lowest BCUT2D eigenvalue weighted by atomic mass is 9.92. The predicted octanol–water partition coefficient (Wildman–Crippen LogP) is 4.17. The molecule has 0 unspecified atom stereocenters. The van der Waals surface area contributed by atoms with E-state index in [1.165, 1.54) is 7.11 Å². The van der Waals surface area contributed by atoms with Gasteiger partial charge in [0.2, 0.25) is 0 Å². The summed E-state index contributed by atoms with van der Waals surface area (Å²) in [6.45, 7) is 0. The highest BCUT2D eigenvalue weighted by Gasteiger charge is 2.25. The van der Waals surface area contributed by atoms with Gasteiger partial charge in [-0.25, -0.2) is 8.42 Å². The van der Waals surface area contributed by atoms with Crippen LogP contribution in [0, 0.1) is 0 Å². The molecule has 0 saturated heterocycles. The van der Waals surface area contributed by atoms with Crippen LogP contribution in [0.2, 0.25) is 5.02 Å². The van der Waals surface area contributed by atoms with Crippen LogP contribution in [0.4, 0.5) is 5.82 Å². The van der Waals surface area contributed by atoms with Crippen molar-refractivity contribution in [3.05, 3.63) is 46.5 Å². The van der Waals surface area contributed by atoms with Crippen LogP contribution in [0.25, 0.3) is 11.0 Å². The van der Waals surface area contributed by atoms with E-state index in [0.717, 1.165) is 36.8 Å². The Morgan fingerprint density at radius 2 is 1.92 bits per heavy atom. The van der Waals surface area contributed by atoms with Crippen LogP contribution in [0.5, 0.6) is 5.75 Å². The van der Waals surface area contributed by atoms with Crippen molar-refractivity contribution in [1.29, 1.82) is 0 Å². The van der Waals surface area contributed by atoms with Gasteiger partial charge in [-0.15, -0.1) is 0 Å². The molecule has 0 fully saturated rings. The summed E-state index contributed by atoms with van der Waals surface area (Å²) in [5.41, 5.74) is 2.59. The highest BCUT2D eigenvalue weighted by Crippen LogP contribution is 2.35. The molecule has 1 aliphatic carbocycles. The van der Waals surface area contributed by atoms with Crippen LogP contribution in [-0.2, 0) is 22.9 Å². The first kappa shape index (κ1) is 17.2. The molecule has 0 aliphatic heterocycles. The number of hydrogen-bond acceptors (Lipinski definition) is 5. The monoisotopic (exact) mass is 392 g/mol. The van der Waals surface area contributed by atoms with E-state index in [0.29, 0.717) is 21.7 Å². The van der Waals surface area contributed by atoms with Crippen LogP contribution in [0.15, 0.2) is 39.8 Å². The Bertz CT molecular complexity index is 1090. The number of sulfonamides is 1. The molecule has 2 aromatic carbocycles. The first-order chi connectivity index (χ1) is 12.5. The quantitative estimate of drug-likeness (QED) is 0.720. The molecule has 0 radical (unpaired) electrons. The molecule has 4 rings (SSSR count). The number of aromatic nitrogens is 1. The van der Waals surface area contributed by atoms with Crippen molar-refractivity contribution in [1.82, 2.24) is 5.16 Å². The molecule has 6 nitrogen and oxygen atoms in total. The average molecular weight is 393 g/mol. The van der Waals surface area contributed by atoms with Crippen molar-refractivity contribution in [3.63, 3.8) is 0 Å². The third kappa shape index (κ3) is 2.91. The zero-order valence-corrected chi connectivity index (χ0v) is 15.7. The fourth-order valence-electron chi connectivity index (χ4n) is 3.31. The van der Waals surface area contributed by atoms with Crippen LogP contribution < -0.4 is 9.46 Å². The Hall–Kier alpha value is -2.25. The zero-order chi connectivity index (χ0) is 18.3. The van der Waals surface area contributed by atoms with Gasteiger partial charge >= 0.3 is 0 Å². The SMILES string of the molecule is COc1cc2c(cc1S(=O)(=O)Nc1noc3cccc(Cl)c13)CCCC2. The van der Waals surface area contributed by atoms with Crippen LogP contribution in [0.3, 0.4) is 0 Å².